The molecule has 1 fully saturated rings. The number of pyridine rings is 1. The van der Waals surface area contributed by atoms with E-state index in [0.29, 0.717) is 11.4 Å². The number of nitrogens with zero attached hydrogens (tertiary/aromatic N) is 2. The van der Waals surface area contributed by atoms with Crippen molar-refractivity contribution in [2.45, 2.75) is 19.8 Å². The summed E-state index contributed by atoms with van der Waals surface area (Å²) in [7, 11) is 2.86. The minimum absolute atomic E-state index is 0.323. The molecular weight excluding hydrogens is 244 g/mol. The monoisotopic (exact) mass is 264 g/mol. The first-order valence-corrected chi connectivity index (χ1v) is 6.57. The second kappa shape index (κ2) is 5.91. The van der Waals surface area contributed by atoms with Crippen molar-refractivity contribution in [3.05, 3.63) is 17.7 Å². The molecule has 1 saturated heterocycles. The number of carbonyl (C=O) groups excluding carboxylic acids is 1. The maximum Gasteiger partial charge on any atom is 0.343 e. The third kappa shape index (κ3) is 2.80. The molecule has 2 heterocycles. The molecule has 1 aliphatic heterocycles. The van der Waals surface area contributed by atoms with Crippen LogP contribution in [0.15, 0.2) is 12.1 Å². The van der Waals surface area contributed by atoms with E-state index in [2.05, 4.69) is 16.8 Å². The van der Waals surface area contributed by atoms with Crippen molar-refractivity contribution in [2.75, 3.05) is 32.2 Å². The van der Waals surface area contributed by atoms with E-state index < -0.39 is 5.97 Å². The summed E-state index contributed by atoms with van der Waals surface area (Å²) in [5, 5.41) is 0. The van der Waals surface area contributed by atoms with Gasteiger partial charge in [-0.25, -0.2) is 4.79 Å². The molecule has 0 amide bonds. The predicted molar refractivity (Wildman–Crippen MR) is 72.7 cm³/mol. The van der Waals surface area contributed by atoms with Gasteiger partial charge in [-0.2, -0.15) is 4.98 Å². The van der Waals surface area contributed by atoms with E-state index in [-0.39, 0.29) is 0 Å². The number of ether oxygens (including phenoxy) is 2. The van der Waals surface area contributed by atoms with E-state index in [9.17, 15) is 4.79 Å². The van der Waals surface area contributed by atoms with Crippen LogP contribution in [-0.4, -0.2) is 38.3 Å². The van der Waals surface area contributed by atoms with Crippen LogP contribution in [0.1, 0.15) is 30.1 Å². The fourth-order valence-corrected chi connectivity index (χ4v) is 2.40. The van der Waals surface area contributed by atoms with Gasteiger partial charge >= 0.3 is 5.97 Å². The van der Waals surface area contributed by atoms with Crippen molar-refractivity contribution >= 4 is 11.8 Å². The van der Waals surface area contributed by atoms with Crippen LogP contribution in [0.25, 0.3) is 0 Å². The number of hydrogen-bond donors (Lipinski definition) is 0. The van der Waals surface area contributed by atoms with Crippen LogP contribution in [0.2, 0.25) is 0 Å². The van der Waals surface area contributed by atoms with Crippen LogP contribution in [0.5, 0.6) is 5.88 Å². The van der Waals surface area contributed by atoms with Crippen LogP contribution in [0, 0.1) is 5.92 Å². The van der Waals surface area contributed by atoms with Gasteiger partial charge in [0.05, 0.1) is 14.2 Å². The SMILES string of the molecule is CCC1CCN(c2ccc(C(=O)OC)c(OC)n2)C1. The van der Waals surface area contributed by atoms with Crippen LogP contribution in [-0.2, 0) is 4.74 Å². The predicted octanol–water partition coefficient (Wildman–Crippen LogP) is 2.11. The summed E-state index contributed by atoms with van der Waals surface area (Å²) >= 11 is 0. The highest BCUT2D eigenvalue weighted by Gasteiger charge is 2.23. The van der Waals surface area contributed by atoms with E-state index in [1.807, 2.05) is 6.07 Å². The number of anilines is 1. The lowest BCUT2D eigenvalue weighted by Gasteiger charge is -2.18. The average Bonchev–Trinajstić information content (AvgIpc) is 2.94. The first kappa shape index (κ1) is 13.6. The van der Waals surface area contributed by atoms with Gasteiger partial charge in [0.2, 0.25) is 5.88 Å². The van der Waals surface area contributed by atoms with Crippen molar-refractivity contribution in [3.63, 3.8) is 0 Å². The zero-order valence-electron chi connectivity index (χ0n) is 11.7. The van der Waals surface area contributed by atoms with Crippen LogP contribution in [0.4, 0.5) is 5.82 Å². The van der Waals surface area contributed by atoms with E-state index in [1.165, 1.54) is 27.1 Å². The highest BCUT2D eigenvalue weighted by atomic mass is 16.5. The summed E-state index contributed by atoms with van der Waals surface area (Å²) in [4.78, 5) is 18.2. The van der Waals surface area contributed by atoms with Crippen LogP contribution >= 0.6 is 0 Å². The minimum atomic E-state index is -0.427. The van der Waals surface area contributed by atoms with Crippen molar-refractivity contribution in [3.8, 4) is 5.88 Å². The van der Waals surface area contributed by atoms with Crippen molar-refractivity contribution < 1.29 is 14.3 Å². The molecule has 104 valence electrons. The Morgan fingerprint density at radius 1 is 1.47 bits per heavy atom. The van der Waals surface area contributed by atoms with Gasteiger partial charge in [0, 0.05) is 13.1 Å². The Bertz CT molecular complexity index is 462. The summed E-state index contributed by atoms with van der Waals surface area (Å²) in [5.74, 6) is 1.49. The van der Waals surface area contributed by atoms with E-state index in [0.717, 1.165) is 24.8 Å². The molecule has 0 spiro atoms. The van der Waals surface area contributed by atoms with Crippen molar-refractivity contribution in [2.24, 2.45) is 5.92 Å². The lowest BCUT2D eigenvalue weighted by molar-refractivity contribution is 0.0596. The summed E-state index contributed by atoms with van der Waals surface area (Å²) in [6.45, 7) is 4.24. The smallest absolute Gasteiger partial charge is 0.343 e. The number of hydrogen-bond acceptors (Lipinski definition) is 5. The highest BCUT2D eigenvalue weighted by molar-refractivity contribution is 5.92. The molecule has 0 bridgehead atoms. The van der Waals surface area contributed by atoms with E-state index >= 15 is 0 Å². The molecule has 1 atom stereocenters. The standard InChI is InChI=1S/C14H20N2O3/c1-4-10-7-8-16(9-10)12-6-5-11(14(17)19-3)13(15-12)18-2/h5-6,10H,4,7-9H2,1-3H3. The largest absolute Gasteiger partial charge is 0.480 e. The number of methoxy groups -OCH3 is 2. The quantitative estimate of drug-likeness (QED) is 0.780. The summed E-state index contributed by atoms with van der Waals surface area (Å²) in [6, 6.07) is 3.57. The molecule has 0 aliphatic carbocycles. The number of carbonyl (C=O) groups is 1. The van der Waals surface area contributed by atoms with Gasteiger partial charge in [-0.15, -0.1) is 0 Å². The molecule has 0 saturated carbocycles. The van der Waals surface area contributed by atoms with Crippen LogP contribution in [0.3, 0.4) is 0 Å². The van der Waals surface area contributed by atoms with Crippen molar-refractivity contribution in [1.29, 1.82) is 0 Å². The Kier molecular flexibility index (Phi) is 4.24. The minimum Gasteiger partial charge on any atom is -0.480 e. The molecule has 1 aromatic rings. The Morgan fingerprint density at radius 3 is 2.84 bits per heavy atom. The molecule has 1 aliphatic rings. The van der Waals surface area contributed by atoms with Gasteiger partial charge in [-0.3, -0.25) is 0 Å². The third-order valence-corrected chi connectivity index (χ3v) is 3.63. The lowest BCUT2D eigenvalue weighted by Crippen LogP contribution is -2.21. The lowest BCUT2D eigenvalue weighted by atomic mass is 10.1. The molecular formula is C14H20N2O3. The molecule has 1 aromatic heterocycles. The summed E-state index contributed by atoms with van der Waals surface area (Å²) < 4.78 is 9.89. The third-order valence-electron chi connectivity index (χ3n) is 3.63. The number of aromatic nitrogens is 1. The summed E-state index contributed by atoms with van der Waals surface area (Å²) in [5.41, 5.74) is 0.361. The molecule has 19 heavy (non-hydrogen) atoms. The van der Waals surface area contributed by atoms with Crippen LogP contribution < -0.4 is 9.64 Å². The highest BCUT2D eigenvalue weighted by Crippen LogP contribution is 2.27. The molecule has 5 nitrogen and oxygen atoms in total. The van der Waals surface area contributed by atoms with E-state index in [1.54, 1.807) is 6.07 Å². The first-order valence-electron chi connectivity index (χ1n) is 6.57. The molecule has 0 radical (unpaired) electrons. The first-order chi connectivity index (χ1) is 9.19. The summed E-state index contributed by atoms with van der Waals surface area (Å²) in [6.07, 6.45) is 2.38. The molecule has 5 heteroatoms. The molecule has 1 unspecified atom stereocenters. The maximum absolute atomic E-state index is 11.6. The fraction of sp³-hybridized carbons (Fsp3) is 0.571. The Labute approximate surface area is 113 Å². The Morgan fingerprint density at radius 2 is 2.26 bits per heavy atom. The van der Waals surface area contributed by atoms with Gasteiger partial charge in [0.1, 0.15) is 11.4 Å². The zero-order valence-corrected chi connectivity index (χ0v) is 11.7. The Balaban J connectivity index is 2.22. The van der Waals surface area contributed by atoms with Gasteiger partial charge < -0.3 is 14.4 Å². The molecule has 0 aromatic carbocycles. The molecule has 2 rings (SSSR count). The van der Waals surface area contributed by atoms with Gasteiger partial charge in [-0.05, 0) is 24.5 Å². The van der Waals surface area contributed by atoms with Gasteiger partial charge in [0.15, 0.2) is 0 Å². The van der Waals surface area contributed by atoms with Crippen molar-refractivity contribution in [1.82, 2.24) is 4.98 Å². The Hall–Kier alpha value is -1.78. The van der Waals surface area contributed by atoms with Gasteiger partial charge in [0.25, 0.3) is 0 Å². The number of esters is 1. The second-order valence-corrected chi connectivity index (χ2v) is 4.73. The zero-order chi connectivity index (χ0) is 13.8. The fourth-order valence-electron chi connectivity index (χ4n) is 2.40. The normalized spacial score (nSPS) is 18.5. The topological polar surface area (TPSA) is 51.7 Å². The maximum atomic E-state index is 11.6. The average molecular weight is 264 g/mol. The molecule has 0 N–H and O–H groups in total. The van der Waals surface area contributed by atoms with Gasteiger partial charge in [-0.1, -0.05) is 13.3 Å². The second-order valence-electron chi connectivity index (χ2n) is 4.73. The number of rotatable bonds is 4. The van der Waals surface area contributed by atoms with E-state index in [4.69, 9.17) is 9.47 Å².